The summed E-state index contributed by atoms with van der Waals surface area (Å²) < 4.78 is 54.4. The standard InChI is InChI=1S/C24H18F2N2O3S2/c25-19-8-10-21(11-9-19)28-24(29)17-6-4-16(5-7-17)15-27-33(30,31)23-13-12-22(32-23)18-2-1-3-20(26)14-18/h1-14,27H,15H2,(H,28,29). The van der Waals surface area contributed by atoms with Crippen LogP contribution in [-0.4, -0.2) is 14.3 Å². The van der Waals surface area contributed by atoms with Gasteiger partial charge in [0.15, 0.2) is 0 Å². The van der Waals surface area contributed by atoms with Gasteiger partial charge in [-0.3, -0.25) is 4.79 Å². The quantitative estimate of drug-likeness (QED) is 0.368. The van der Waals surface area contributed by atoms with Crippen LogP contribution < -0.4 is 10.0 Å². The summed E-state index contributed by atoms with van der Waals surface area (Å²) in [6.07, 6.45) is 0. The molecule has 0 saturated carbocycles. The molecule has 0 atom stereocenters. The average molecular weight is 485 g/mol. The Morgan fingerprint density at radius 3 is 2.27 bits per heavy atom. The van der Waals surface area contributed by atoms with Crippen molar-refractivity contribution < 1.29 is 22.0 Å². The first kappa shape index (κ1) is 22.8. The van der Waals surface area contributed by atoms with Crippen LogP contribution in [0.3, 0.4) is 0 Å². The Kier molecular flexibility index (Phi) is 6.64. The molecule has 1 amide bonds. The van der Waals surface area contributed by atoms with Crippen LogP contribution in [0.5, 0.6) is 0 Å². The van der Waals surface area contributed by atoms with Gasteiger partial charge >= 0.3 is 0 Å². The van der Waals surface area contributed by atoms with E-state index in [0.29, 0.717) is 27.3 Å². The zero-order chi connectivity index (χ0) is 23.4. The largest absolute Gasteiger partial charge is 0.322 e. The van der Waals surface area contributed by atoms with E-state index in [4.69, 9.17) is 0 Å². The van der Waals surface area contributed by atoms with Gasteiger partial charge in [0.25, 0.3) is 5.91 Å². The molecule has 4 rings (SSSR count). The second kappa shape index (κ2) is 9.62. The number of anilines is 1. The van der Waals surface area contributed by atoms with Gasteiger partial charge < -0.3 is 5.32 Å². The van der Waals surface area contributed by atoms with E-state index in [1.807, 2.05) is 0 Å². The molecule has 1 aromatic heterocycles. The van der Waals surface area contributed by atoms with Crippen LogP contribution in [0.25, 0.3) is 10.4 Å². The molecule has 1 heterocycles. The molecule has 0 aliphatic rings. The van der Waals surface area contributed by atoms with Crippen LogP contribution in [0, 0.1) is 11.6 Å². The number of hydrogen-bond donors (Lipinski definition) is 2. The summed E-state index contributed by atoms with van der Waals surface area (Å²) >= 11 is 1.05. The lowest BCUT2D eigenvalue weighted by Gasteiger charge is -2.08. The Morgan fingerprint density at radius 1 is 0.848 bits per heavy atom. The highest BCUT2D eigenvalue weighted by Crippen LogP contribution is 2.31. The molecule has 0 unspecified atom stereocenters. The molecule has 0 radical (unpaired) electrons. The van der Waals surface area contributed by atoms with E-state index in [1.165, 1.54) is 42.5 Å². The Balaban J connectivity index is 1.38. The summed E-state index contributed by atoms with van der Waals surface area (Å²) in [4.78, 5) is 13.0. The van der Waals surface area contributed by atoms with Gasteiger partial charge in [-0.15, -0.1) is 11.3 Å². The van der Waals surface area contributed by atoms with Gasteiger partial charge in [0.2, 0.25) is 10.0 Å². The monoisotopic (exact) mass is 484 g/mol. The van der Waals surface area contributed by atoms with Gasteiger partial charge in [-0.25, -0.2) is 21.9 Å². The summed E-state index contributed by atoms with van der Waals surface area (Å²) in [6.45, 7) is 0.0371. The molecule has 4 aromatic rings. The highest BCUT2D eigenvalue weighted by molar-refractivity contribution is 7.91. The van der Waals surface area contributed by atoms with Gasteiger partial charge in [0.1, 0.15) is 15.8 Å². The fraction of sp³-hybridized carbons (Fsp3) is 0.0417. The van der Waals surface area contributed by atoms with Gasteiger partial charge in [-0.1, -0.05) is 24.3 Å². The first-order valence-electron chi connectivity index (χ1n) is 9.81. The number of rotatable bonds is 7. The third kappa shape index (κ3) is 5.70. The fourth-order valence-electron chi connectivity index (χ4n) is 3.02. The maximum Gasteiger partial charge on any atom is 0.255 e. The molecule has 0 bridgehead atoms. The highest BCUT2D eigenvalue weighted by Gasteiger charge is 2.17. The zero-order valence-electron chi connectivity index (χ0n) is 17.1. The predicted octanol–water partition coefficient (Wildman–Crippen LogP) is 5.42. The summed E-state index contributed by atoms with van der Waals surface area (Å²) in [5, 5.41) is 2.66. The van der Waals surface area contributed by atoms with E-state index < -0.39 is 21.7 Å². The van der Waals surface area contributed by atoms with Crippen molar-refractivity contribution in [2.45, 2.75) is 10.8 Å². The van der Waals surface area contributed by atoms with E-state index in [2.05, 4.69) is 10.0 Å². The van der Waals surface area contributed by atoms with Gasteiger partial charge in [-0.05, 0) is 71.8 Å². The molecule has 33 heavy (non-hydrogen) atoms. The van der Waals surface area contributed by atoms with Crippen LogP contribution in [-0.2, 0) is 16.6 Å². The minimum Gasteiger partial charge on any atom is -0.322 e. The summed E-state index contributed by atoms with van der Waals surface area (Å²) in [5.41, 5.74) is 2.12. The third-order valence-electron chi connectivity index (χ3n) is 4.74. The van der Waals surface area contributed by atoms with Crippen molar-refractivity contribution in [1.82, 2.24) is 4.72 Å². The summed E-state index contributed by atoms with van der Waals surface area (Å²) in [5.74, 6) is -1.15. The van der Waals surface area contributed by atoms with E-state index in [-0.39, 0.29) is 16.7 Å². The van der Waals surface area contributed by atoms with Gasteiger partial charge in [0, 0.05) is 22.7 Å². The van der Waals surface area contributed by atoms with Crippen molar-refractivity contribution in [2.24, 2.45) is 0 Å². The Labute approximate surface area is 193 Å². The lowest BCUT2D eigenvalue weighted by molar-refractivity contribution is 0.102. The van der Waals surface area contributed by atoms with Crippen LogP contribution >= 0.6 is 11.3 Å². The second-order valence-electron chi connectivity index (χ2n) is 7.11. The molecule has 0 fully saturated rings. The SMILES string of the molecule is O=C(Nc1ccc(F)cc1)c1ccc(CNS(=O)(=O)c2ccc(-c3cccc(F)c3)s2)cc1. The number of thiophene rings is 1. The van der Waals surface area contributed by atoms with E-state index in [1.54, 1.807) is 42.5 Å². The molecule has 0 saturated heterocycles. The van der Waals surface area contributed by atoms with Crippen LogP contribution in [0.4, 0.5) is 14.5 Å². The van der Waals surface area contributed by atoms with Crippen molar-refractivity contribution in [3.63, 3.8) is 0 Å². The summed E-state index contributed by atoms with van der Waals surface area (Å²) in [7, 11) is -3.76. The molecular weight excluding hydrogens is 466 g/mol. The van der Waals surface area contributed by atoms with Crippen LogP contribution in [0.2, 0.25) is 0 Å². The average Bonchev–Trinajstić information content (AvgIpc) is 3.31. The minimum absolute atomic E-state index is 0.0371. The number of amides is 1. The number of nitrogens with one attached hydrogen (secondary N) is 2. The molecular formula is C24H18F2N2O3S2. The number of carbonyl (C=O) groups excluding carboxylic acids is 1. The normalized spacial score (nSPS) is 11.3. The second-order valence-corrected chi connectivity index (χ2v) is 10.2. The number of benzene rings is 3. The predicted molar refractivity (Wildman–Crippen MR) is 125 cm³/mol. The highest BCUT2D eigenvalue weighted by atomic mass is 32.2. The third-order valence-corrected chi connectivity index (χ3v) is 7.77. The molecule has 5 nitrogen and oxygen atoms in total. The van der Waals surface area contributed by atoms with E-state index in [9.17, 15) is 22.0 Å². The summed E-state index contributed by atoms with van der Waals surface area (Å²) in [6, 6.07) is 21.0. The van der Waals surface area contributed by atoms with Crippen molar-refractivity contribution in [3.8, 4) is 10.4 Å². The molecule has 0 aliphatic heterocycles. The molecule has 3 aromatic carbocycles. The lowest BCUT2D eigenvalue weighted by atomic mass is 10.1. The van der Waals surface area contributed by atoms with E-state index >= 15 is 0 Å². The molecule has 0 aliphatic carbocycles. The molecule has 0 spiro atoms. The topological polar surface area (TPSA) is 75.3 Å². The molecule has 2 N–H and O–H groups in total. The fourth-order valence-corrected chi connectivity index (χ4v) is 5.39. The minimum atomic E-state index is -3.76. The zero-order valence-corrected chi connectivity index (χ0v) is 18.7. The van der Waals surface area contributed by atoms with Crippen molar-refractivity contribution in [3.05, 3.63) is 108 Å². The molecule has 168 valence electrons. The van der Waals surface area contributed by atoms with Gasteiger partial charge in [-0.2, -0.15) is 0 Å². The Bertz CT molecular complexity index is 1380. The number of hydrogen-bond acceptors (Lipinski definition) is 4. The first-order chi connectivity index (χ1) is 15.8. The van der Waals surface area contributed by atoms with Crippen molar-refractivity contribution in [1.29, 1.82) is 0 Å². The molecule has 9 heteroatoms. The van der Waals surface area contributed by atoms with Gasteiger partial charge in [0.05, 0.1) is 0 Å². The number of halogens is 2. The van der Waals surface area contributed by atoms with Crippen molar-refractivity contribution in [2.75, 3.05) is 5.32 Å². The van der Waals surface area contributed by atoms with Crippen molar-refractivity contribution >= 4 is 33.0 Å². The Morgan fingerprint density at radius 2 is 1.58 bits per heavy atom. The smallest absolute Gasteiger partial charge is 0.255 e. The van der Waals surface area contributed by atoms with Crippen LogP contribution in [0.15, 0.2) is 89.1 Å². The lowest BCUT2D eigenvalue weighted by Crippen LogP contribution is -2.22. The number of sulfonamides is 1. The van der Waals surface area contributed by atoms with E-state index in [0.717, 1.165) is 11.3 Å². The maximum atomic E-state index is 13.4. The first-order valence-corrected chi connectivity index (χ1v) is 12.1. The van der Waals surface area contributed by atoms with Crippen LogP contribution in [0.1, 0.15) is 15.9 Å². The Hall–Kier alpha value is -3.40. The maximum absolute atomic E-state index is 13.4. The number of carbonyl (C=O) groups is 1.